The topological polar surface area (TPSA) is 43.2 Å². The molecule has 0 spiro atoms. The van der Waals surface area contributed by atoms with Crippen LogP contribution < -0.4 is 0 Å². The van der Waals surface area contributed by atoms with Gasteiger partial charge in [-0.05, 0) is 31.9 Å². The highest BCUT2D eigenvalue weighted by Crippen LogP contribution is 2.27. The lowest BCUT2D eigenvalue weighted by molar-refractivity contribution is 0.0674. The van der Waals surface area contributed by atoms with Gasteiger partial charge in [0.15, 0.2) is 0 Å². The molecule has 1 saturated heterocycles. The average Bonchev–Trinajstić information content (AvgIpc) is 3.33. The van der Waals surface area contributed by atoms with Crippen molar-refractivity contribution >= 4 is 0 Å². The van der Waals surface area contributed by atoms with E-state index in [4.69, 9.17) is 9.84 Å². The average molecular weight is 377 g/mol. The Bertz CT molecular complexity index is 886. The molecule has 146 valence electrons. The largest absolute Gasteiger partial charge is 0.377 e. The predicted octanol–water partition coefficient (Wildman–Crippen LogP) is 3.97. The molecule has 1 fully saturated rings. The van der Waals surface area contributed by atoms with E-state index < -0.39 is 0 Å². The normalized spacial score (nSPS) is 16.8. The van der Waals surface area contributed by atoms with Crippen LogP contribution in [0, 0.1) is 6.92 Å². The Labute approximate surface area is 167 Å². The second kappa shape index (κ2) is 8.67. The first-order chi connectivity index (χ1) is 13.7. The van der Waals surface area contributed by atoms with Gasteiger partial charge in [-0.15, -0.1) is 0 Å². The van der Waals surface area contributed by atoms with Crippen molar-refractivity contribution in [3.8, 4) is 11.3 Å². The summed E-state index contributed by atoms with van der Waals surface area (Å²) in [7, 11) is 2.02. The van der Waals surface area contributed by atoms with Gasteiger partial charge in [0.1, 0.15) is 0 Å². The molecule has 1 atom stereocenters. The van der Waals surface area contributed by atoms with Crippen LogP contribution in [0.5, 0.6) is 0 Å². The molecule has 0 N–H and O–H groups in total. The molecule has 0 unspecified atom stereocenters. The smallest absolute Gasteiger partial charge is 0.0970 e. The number of ether oxygens (including phenoxy) is 1. The molecule has 4 rings (SSSR count). The Morgan fingerprint density at radius 1 is 1.11 bits per heavy atom. The van der Waals surface area contributed by atoms with Crippen LogP contribution in [0.1, 0.15) is 29.8 Å². The first kappa shape index (κ1) is 18.8. The summed E-state index contributed by atoms with van der Waals surface area (Å²) in [5, 5.41) is 4.82. The molecule has 3 heterocycles. The number of rotatable bonds is 7. The molecule has 0 aliphatic carbocycles. The summed E-state index contributed by atoms with van der Waals surface area (Å²) in [6.07, 6.45) is 4.46. The van der Waals surface area contributed by atoms with Gasteiger partial charge in [0.2, 0.25) is 0 Å². The Hall–Kier alpha value is -2.50. The van der Waals surface area contributed by atoms with Gasteiger partial charge in [-0.2, -0.15) is 5.10 Å². The summed E-state index contributed by atoms with van der Waals surface area (Å²) in [4.78, 5) is 6.99. The third kappa shape index (κ3) is 4.32. The van der Waals surface area contributed by atoms with Gasteiger partial charge < -0.3 is 4.74 Å². The lowest BCUT2D eigenvalue weighted by Crippen LogP contribution is -2.32. The van der Waals surface area contributed by atoms with Crippen LogP contribution in [0.3, 0.4) is 0 Å². The summed E-state index contributed by atoms with van der Waals surface area (Å²) in [6, 6.07) is 16.6. The van der Waals surface area contributed by atoms with Crippen molar-refractivity contribution < 1.29 is 4.74 Å². The summed E-state index contributed by atoms with van der Waals surface area (Å²) in [5.41, 5.74) is 5.80. The van der Waals surface area contributed by atoms with Crippen molar-refractivity contribution in [3.63, 3.8) is 0 Å². The molecular formula is C23H28N4O. The van der Waals surface area contributed by atoms with Crippen LogP contribution in [-0.2, 0) is 24.9 Å². The maximum absolute atomic E-state index is 5.93. The maximum atomic E-state index is 5.93. The number of aryl methyl sites for hydroxylation is 1. The first-order valence-corrected chi connectivity index (χ1v) is 10.0. The van der Waals surface area contributed by atoms with E-state index in [1.54, 1.807) is 0 Å². The van der Waals surface area contributed by atoms with Gasteiger partial charge in [0.05, 0.1) is 17.5 Å². The number of hydrogen-bond acceptors (Lipinski definition) is 4. The zero-order valence-electron chi connectivity index (χ0n) is 16.7. The van der Waals surface area contributed by atoms with E-state index in [-0.39, 0.29) is 0 Å². The van der Waals surface area contributed by atoms with Crippen LogP contribution in [0.2, 0.25) is 0 Å². The second-order valence-electron chi connectivity index (χ2n) is 7.53. The molecule has 2 aromatic heterocycles. The number of pyridine rings is 1. The van der Waals surface area contributed by atoms with Crippen molar-refractivity contribution in [1.29, 1.82) is 0 Å². The lowest BCUT2D eigenvalue weighted by Gasteiger charge is -2.25. The van der Waals surface area contributed by atoms with Gasteiger partial charge in [-0.1, -0.05) is 36.4 Å². The minimum absolute atomic E-state index is 0.306. The van der Waals surface area contributed by atoms with E-state index in [0.717, 1.165) is 56.0 Å². The quantitative estimate of drug-likeness (QED) is 0.626. The van der Waals surface area contributed by atoms with Crippen LogP contribution in [-0.4, -0.2) is 38.9 Å². The maximum Gasteiger partial charge on any atom is 0.0970 e. The van der Waals surface area contributed by atoms with Crippen LogP contribution >= 0.6 is 0 Å². The number of hydrogen-bond donors (Lipinski definition) is 0. The molecule has 1 aliphatic rings. The minimum Gasteiger partial charge on any atom is -0.377 e. The minimum atomic E-state index is 0.306. The molecule has 5 heteroatoms. The summed E-state index contributed by atoms with van der Waals surface area (Å²) in [5.74, 6) is 0. The van der Waals surface area contributed by atoms with Gasteiger partial charge in [-0.25, -0.2) is 0 Å². The molecule has 0 radical (unpaired) electrons. The van der Waals surface area contributed by atoms with Crippen LogP contribution in [0.25, 0.3) is 11.3 Å². The van der Waals surface area contributed by atoms with Crippen molar-refractivity contribution in [3.05, 3.63) is 71.7 Å². The zero-order chi connectivity index (χ0) is 19.3. The van der Waals surface area contributed by atoms with E-state index in [0.29, 0.717) is 6.10 Å². The molecule has 1 aromatic carbocycles. The fraction of sp³-hybridized carbons (Fsp3) is 0.391. The van der Waals surface area contributed by atoms with Gasteiger partial charge in [0.25, 0.3) is 0 Å². The Morgan fingerprint density at radius 3 is 2.64 bits per heavy atom. The molecule has 0 bridgehead atoms. The standard InChI is InChI=1S/C23H28N4O/c1-18-22(23(25-26(18)2)19-9-4-3-5-10-19)17-27(16-21-12-8-14-28-21)15-20-11-6-7-13-24-20/h3-7,9-11,13,21H,8,12,14-17H2,1-2H3/t21-/m0/s1. The molecule has 0 amide bonds. The Balaban J connectivity index is 1.62. The van der Waals surface area contributed by atoms with E-state index in [9.17, 15) is 0 Å². The highest BCUT2D eigenvalue weighted by Gasteiger charge is 2.23. The fourth-order valence-corrected chi connectivity index (χ4v) is 3.87. The SMILES string of the molecule is Cc1c(CN(Cc2ccccn2)C[C@@H]2CCCO2)c(-c2ccccc2)nn1C. The Kier molecular flexibility index (Phi) is 5.84. The van der Waals surface area contributed by atoms with Gasteiger partial charge in [0, 0.05) is 56.3 Å². The number of aromatic nitrogens is 3. The van der Waals surface area contributed by atoms with E-state index >= 15 is 0 Å². The predicted molar refractivity (Wildman–Crippen MR) is 111 cm³/mol. The van der Waals surface area contributed by atoms with Crippen molar-refractivity contribution in [1.82, 2.24) is 19.7 Å². The summed E-state index contributed by atoms with van der Waals surface area (Å²) in [6.45, 7) is 5.59. The molecular weight excluding hydrogens is 348 g/mol. The van der Waals surface area contributed by atoms with Crippen molar-refractivity contribution in [2.45, 2.75) is 39.0 Å². The van der Waals surface area contributed by atoms with Crippen molar-refractivity contribution in [2.75, 3.05) is 13.2 Å². The summed E-state index contributed by atoms with van der Waals surface area (Å²) >= 11 is 0. The van der Waals surface area contributed by atoms with Crippen molar-refractivity contribution in [2.24, 2.45) is 7.05 Å². The highest BCUT2D eigenvalue weighted by molar-refractivity contribution is 5.64. The molecule has 5 nitrogen and oxygen atoms in total. The Morgan fingerprint density at radius 2 is 1.93 bits per heavy atom. The fourth-order valence-electron chi connectivity index (χ4n) is 3.87. The number of benzene rings is 1. The van der Waals surface area contributed by atoms with Crippen LogP contribution in [0.15, 0.2) is 54.7 Å². The molecule has 0 saturated carbocycles. The first-order valence-electron chi connectivity index (χ1n) is 10.0. The second-order valence-corrected chi connectivity index (χ2v) is 7.53. The third-order valence-corrected chi connectivity index (χ3v) is 5.48. The molecule has 28 heavy (non-hydrogen) atoms. The highest BCUT2D eigenvalue weighted by atomic mass is 16.5. The lowest BCUT2D eigenvalue weighted by atomic mass is 10.1. The van der Waals surface area contributed by atoms with Crippen LogP contribution in [0.4, 0.5) is 0 Å². The zero-order valence-corrected chi connectivity index (χ0v) is 16.7. The molecule has 1 aliphatic heterocycles. The van der Waals surface area contributed by atoms with Gasteiger partial charge >= 0.3 is 0 Å². The summed E-state index contributed by atoms with van der Waals surface area (Å²) < 4.78 is 7.92. The third-order valence-electron chi connectivity index (χ3n) is 5.48. The van der Waals surface area contributed by atoms with E-state index in [1.165, 1.54) is 11.3 Å². The molecule has 3 aromatic rings. The number of nitrogens with zero attached hydrogens (tertiary/aromatic N) is 4. The van der Waals surface area contributed by atoms with E-state index in [2.05, 4.69) is 53.2 Å². The monoisotopic (exact) mass is 376 g/mol. The van der Waals surface area contributed by atoms with Gasteiger partial charge in [-0.3, -0.25) is 14.6 Å². The van der Waals surface area contributed by atoms with E-state index in [1.807, 2.05) is 30.1 Å².